The van der Waals surface area contributed by atoms with Gasteiger partial charge in [-0.1, -0.05) is 29.8 Å². The maximum atomic E-state index is 12.9. The molecule has 0 aliphatic heterocycles. The third-order valence-corrected chi connectivity index (χ3v) is 5.05. The van der Waals surface area contributed by atoms with Gasteiger partial charge in [-0.3, -0.25) is 0 Å². The van der Waals surface area contributed by atoms with Crippen LogP contribution in [0.1, 0.15) is 17.0 Å². The van der Waals surface area contributed by atoms with E-state index in [1.165, 1.54) is 24.3 Å². The van der Waals surface area contributed by atoms with E-state index in [9.17, 15) is 12.8 Å². The van der Waals surface area contributed by atoms with Gasteiger partial charge >= 0.3 is 0 Å². The molecule has 3 aromatic rings. The van der Waals surface area contributed by atoms with Crippen LogP contribution in [0.2, 0.25) is 0 Å². The van der Waals surface area contributed by atoms with Crippen molar-refractivity contribution in [1.82, 2.24) is 14.9 Å². The summed E-state index contributed by atoms with van der Waals surface area (Å²) >= 11 is 0. The molecule has 1 aromatic heterocycles. The first kappa shape index (κ1) is 18.2. The van der Waals surface area contributed by atoms with Crippen molar-refractivity contribution in [2.24, 2.45) is 0 Å². The number of benzene rings is 2. The molecular formula is C18H18FN3O3S. The average Bonchev–Trinajstić information content (AvgIpc) is 3.06. The van der Waals surface area contributed by atoms with Gasteiger partial charge in [0.1, 0.15) is 5.82 Å². The molecule has 2 aromatic carbocycles. The molecule has 1 heterocycles. The molecule has 1 N–H and O–H groups in total. The largest absolute Gasteiger partial charge is 0.421 e. The van der Waals surface area contributed by atoms with Crippen LogP contribution in [-0.2, 0) is 22.2 Å². The predicted octanol–water partition coefficient (Wildman–Crippen LogP) is 2.85. The third kappa shape index (κ3) is 4.96. The van der Waals surface area contributed by atoms with Gasteiger partial charge in [0.25, 0.3) is 0 Å². The van der Waals surface area contributed by atoms with Crippen molar-refractivity contribution in [3.63, 3.8) is 0 Å². The topological polar surface area (TPSA) is 85.1 Å². The molecule has 0 atom stereocenters. The number of aryl methyl sites for hydroxylation is 1. The zero-order valence-electron chi connectivity index (χ0n) is 14.1. The van der Waals surface area contributed by atoms with Crippen molar-refractivity contribution in [3.05, 3.63) is 71.4 Å². The van der Waals surface area contributed by atoms with Gasteiger partial charge in [0.15, 0.2) is 0 Å². The molecule has 3 rings (SSSR count). The van der Waals surface area contributed by atoms with Gasteiger partial charge < -0.3 is 4.42 Å². The van der Waals surface area contributed by atoms with Crippen LogP contribution in [0, 0.1) is 12.7 Å². The van der Waals surface area contributed by atoms with E-state index in [-0.39, 0.29) is 18.7 Å². The van der Waals surface area contributed by atoms with Crippen molar-refractivity contribution in [2.45, 2.75) is 19.1 Å². The summed E-state index contributed by atoms with van der Waals surface area (Å²) in [7, 11) is -3.53. The maximum Gasteiger partial charge on any atom is 0.247 e. The minimum absolute atomic E-state index is 0.138. The molecular weight excluding hydrogens is 357 g/mol. The van der Waals surface area contributed by atoms with Crippen molar-refractivity contribution in [1.29, 1.82) is 0 Å². The van der Waals surface area contributed by atoms with E-state index in [1.54, 1.807) is 0 Å². The lowest BCUT2D eigenvalue weighted by molar-refractivity contribution is 0.502. The van der Waals surface area contributed by atoms with Crippen molar-refractivity contribution < 1.29 is 17.2 Å². The van der Waals surface area contributed by atoms with Crippen LogP contribution in [0.25, 0.3) is 11.5 Å². The molecule has 26 heavy (non-hydrogen) atoms. The quantitative estimate of drug-likeness (QED) is 0.686. The zero-order valence-corrected chi connectivity index (χ0v) is 15.0. The number of sulfonamides is 1. The van der Waals surface area contributed by atoms with Gasteiger partial charge in [0, 0.05) is 18.5 Å². The summed E-state index contributed by atoms with van der Waals surface area (Å²) in [6.45, 7) is 2.13. The van der Waals surface area contributed by atoms with Gasteiger partial charge in [-0.2, -0.15) is 0 Å². The number of nitrogens with one attached hydrogen (secondary N) is 1. The second kappa shape index (κ2) is 7.76. The Morgan fingerprint density at radius 1 is 1.04 bits per heavy atom. The number of nitrogens with zero attached hydrogens (tertiary/aromatic N) is 2. The normalized spacial score (nSPS) is 11.6. The summed E-state index contributed by atoms with van der Waals surface area (Å²) in [6, 6.07) is 13.0. The van der Waals surface area contributed by atoms with Crippen LogP contribution >= 0.6 is 0 Å². The highest BCUT2D eigenvalue weighted by molar-refractivity contribution is 7.88. The number of halogens is 1. The van der Waals surface area contributed by atoms with Gasteiger partial charge in [0.05, 0.1) is 5.75 Å². The van der Waals surface area contributed by atoms with Crippen LogP contribution in [0.4, 0.5) is 4.39 Å². The molecule has 0 unspecified atom stereocenters. The van der Waals surface area contributed by atoms with E-state index in [2.05, 4.69) is 14.9 Å². The Kier molecular flexibility index (Phi) is 5.43. The smallest absolute Gasteiger partial charge is 0.247 e. The lowest BCUT2D eigenvalue weighted by Crippen LogP contribution is -2.27. The molecule has 0 spiro atoms. The van der Waals surface area contributed by atoms with Crippen LogP contribution in [0.5, 0.6) is 0 Å². The molecule has 0 radical (unpaired) electrons. The second-order valence-electron chi connectivity index (χ2n) is 5.90. The number of hydrogen-bond donors (Lipinski definition) is 1. The van der Waals surface area contributed by atoms with E-state index in [0.717, 1.165) is 11.1 Å². The highest BCUT2D eigenvalue weighted by Crippen LogP contribution is 2.18. The van der Waals surface area contributed by atoms with Crippen LogP contribution in [0.3, 0.4) is 0 Å². The summed E-state index contributed by atoms with van der Waals surface area (Å²) < 4.78 is 45.0. The number of rotatable bonds is 7. The Morgan fingerprint density at radius 2 is 1.73 bits per heavy atom. The van der Waals surface area contributed by atoms with E-state index >= 15 is 0 Å². The summed E-state index contributed by atoms with van der Waals surface area (Å²) in [6.07, 6.45) is 0.279. The highest BCUT2D eigenvalue weighted by Gasteiger charge is 2.13. The minimum Gasteiger partial charge on any atom is -0.421 e. The van der Waals surface area contributed by atoms with E-state index < -0.39 is 15.8 Å². The molecule has 0 aliphatic rings. The predicted molar refractivity (Wildman–Crippen MR) is 95.2 cm³/mol. The number of hydrogen-bond acceptors (Lipinski definition) is 5. The van der Waals surface area contributed by atoms with Crippen LogP contribution < -0.4 is 4.72 Å². The van der Waals surface area contributed by atoms with Gasteiger partial charge in [-0.25, -0.2) is 17.5 Å². The molecule has 0 saturated carbocycles. The number of aromatic nitrogens is 2. The zero-order chi connectivity index (χ0) is 18.6. The lowest BCUT2D eigenvalue weighted by atomic mass is 10.1. The first-order valence-corrected chi connectivity index (χ1v) is 9.68. The Hall–Kier alpha value is -2.58. The maximum absolute atomic E-state index is 12.9. The summed E-state index contributed by atoms with van der Waals surface area (Å²) in [5, 5.41) is 7.91. The Morgan fingerprint density at radius 3 is 2.42 bits per heavy atom. The SMILES string of the molecule is Cc1ccc(-c2nnc(CCNS(=O)(=O)Cc3ccc(F)cc3)o2)cc1. The molecule has 6 nitrogen and oxygen atoms in total. The van der Waals surface area contributed by atoms with Crippen LogP contribution in [0.15, 0.2) is 52.9 Å². The third-order valence-electron chi connectivity index (χ3n) is 3.70. The molecule has 0 aliphatic carbocycles. The van der Waals surface area contributed by atoms with Gasteiger partial charge in [0.2, 0.25) is 21.8 Å². The molecule has 136 valence electrons. The first-order valence-electron chi connectivity index (χ1n) is 8.02. The Labute approximate surface area is 151 Å². The Bertz CT molecular complexity index is 968. The molecule has 0 fully saturated rings. The minimum atomic E-state index is -3.53. The molecule has 0 bridgehead atoms. The fourth-order valence-electron chi connectivity index (χ4n) is 2.33. The fourth-order valence-corrected chi connectivity index (χ4v) is 3.48. The molecule has 8 heteroatoms. The monoisotopic (exact) mass is 375 g/mol. The summed E-state index contributed by atoms with van der Waals surface area (Å²) in [4.78, 5) is 0. The van der Waals surface area contributed by atoms with Gasteiger partial charge in [-0.15, -0.1) is 10.2 Å². The van der Waals surface area contributed by atoms with Crippen molar-refractivity contribution in [3.8, 4) is 11.5 Å². The molecule has 0 amide bonds. The van der Waals surface area contributed by atoms with Gasteiger partial charge in [-0.05, 0) is 36.8 Å². The second-order valence-corrected chi connectivity index (χ2v) is 7.70. The van der Waals surface area contributed by atoms with E-state index in [4.69, 9.17) is 4.42 Å². The van der Waals surface area contributed by atoms with Crippen molar-refractivity contribution >= 4 is 10.0 Å². The highest BCUT2D eigenvalue weighted by atomic mass is 32.2. The van der Waals surface area contributed by atoms with E-state index in [1.807, 2.05) is 31.2 Å². The summed E-state index contributed by atoms with van der Waals surface area (Å²) in [5.41, 5.74) is 2.45. The Balaban J connectivity index is 1.54. The lowest BCUT2D eigenvalue weighted by Gasteiger charge is -2.05. The average molecular weight is 375 g/mol. The van der Waals surface area contributed by atoms with E-state index in [0.29, 0.717) is 17.3 Å². The first-order chi connectivity index (χ1) is 12.4. The van der Waals surface area contributed by atoms with Crippen molar-refractivity contribution in [2.75, 3.05) is 6.54 Å². The standard InChI is InChI=1S/C18H18FN3O3S/c1-13-2-6-15(7-3-13)18-22-21-17(25-18)10-11-20-26(23,24)12-14-4-8-16(19)9-5-14/h2-9,20H,10-12H2,1H3. The summed E-state index contributed by atoms with van der Waals surface area (Å²) in [5.74, 6) is 0.130. The molecule has 0 saturated heterocycles. The van der Waals surface area contributed by atoms with Crippen LogP contribution in [-0.4, -0.2) is 25.2 Å². The fraction of sp³-hybridized carbons (Fsp3) is 0.222.